The molecule has 1 saturated heterocycles. The average Bonchev–Trinajstić information content (AvgIpc) is 3.33. The Hall–Kier alpha value is -1.91. The van der Waals surface area contributed by atoms with Gasteiger partial charge in [0.25, 0.3) is 0 Å². The molecular weight excluding hydrogens is 379 g/mol. The first-order valence-corrected chi connectivity index (χ1v) is 11.9. The molecule has 0 spiro atoms. The summed E-state index contributed by atoms with van der Waals surface area (Å²) >= 11 is 0. The molecule has 2 atom stereocenters. The van der Waals surface area contributed by atoms with E-state index in [4.69, 9.17) is 0 Å². The van der Waals surface area contributed by atoms with Crippen LogP contribution in [0.15, 0.2) is 18.2 Å². The molecule has 4 bridgehead atoms. The van der Waals surface area contributed by atoms with Crippen molar-refractivity contribution in [1.82, 2.24) is 10.2 Å². The largest absolute Gasteiger partial charge is 0.347 e. The summed E-state index contributed by atoms with van der Waals surface area (Å²) in [5.41, 5.74) is 1.84. The Morgan fingerprint density at radius 3 is 2.43 bits per heavy atom. The zero-order valence-electron chi connectivity index (χ0n) is 17.5. The third kappa shape index (κ3) is 2.91. The molecule has 0 radical (unpaired) electrons. The third-order valence-corrected chi connectivity index (χ3v) is 8.81. The van der Waals surface area contributed by atoms with Gasteiger partial charge in [0.1, 0.15) is 11.9 Å². The minimum Gasteiger partial charge on any atom is -0.347 e. The van der Waals surface area contributed by atoms with Crippen LogP contribution in [-0.4, -0.2) is 29.3 Å². The van der Waals surface area contributed by atoms with Crippen LogP contribution in [0.3, 0.4) is 0 Å². The molecule has 160 valence electrons. The zero-order chi connectivity index (χ0) is 20.5. The maximum Gasteiger partial charge on any atom is 0.243 e. The predicted octanol–water partition coefficient (Wildman–Crippen LogP) is 4.14. The SMILES string of the molecule is O=C(NC1CCc2cc(F)ccc21)C1CCCN1C(=O)C12CC3CC(CC(C3)C1)C2. The molecular formula is C25H31FN2O2. The van der Waals surface area contributed by atoms with Gasteiger partial charge in [0.15, 0.2) is 0 Å². The smallest absolute Gasteiger partial charge is 0.243 e. The van der Waals surface area contributed by atoms with E-state index in [1.54, 1.807) is 12.1 Å². The van der Waals surface area contributed by atoms with Gasteiger partial charge in [0, 0.05) is 6.54 Å². The van der Waals surface area contributed by atoms with E-state index in [1.165, 1.54) is 25.3 Å². The number of likely N-dealkylation sites (tertiary alicyclic amines) is 1. The average molecular weight is 411 g/mol. The van der Waals surface area contributed by atoms with Gasteiger partial charge in [-0.3, -0.25) is 9.59 Å². The number of hydrogen-bond acceptors (Lipinski definition) is 2. The number of hydrogen-bond donors (Lipinski definition) is 1. The second-order valence-corrected chi connectivity index (χ2v) is 10.8. The number of aryl methyl sites for hydroxylation is 1. The van der Waals surface area contributed by atoms with E-state index in [1.807, 2.05) is 4.90 Å². The zero-order valence-corrected chi connectivity index (χ0v) is 17.5. The van der Waals surface area contributed by atoms with Gasteiger partial charge in [-0.05, 0) is 105 Å². The second-order valence-electron chi connectivity index (χ2n) is 10.8. The first-order chi connectivity index (χ1) is 14.5. The first-order valence-electron chi connectivity index (χ1n) is 11.9. The summed E-state index contributed by atoms with van der Waals surface area (Å²) in [7, 11) is 0. The molecule has 7 rings (SSSR count). The molecule has 1 N–H and O–H groups in total. The summed E-state index contributed by atoms with van der Waals surface area (Å²) in [4.78, 5) is 29.0. The number of amides is 2. The Morgan fingerprint density at radius 1 is 1.03 bits per heavy atom. The highest BCUT2D eigenvalue weighted by atomic mass is 19.1. The fraction of sp³-hybridized carbons (Fsp3) is 0.680. The molecule has 5 aliphatic carbocycles. The van der Waals surface area contributed by atoms with Gasteiger partial charge in [0.05, 0.1) is 11.5 Å². The Bertz CT molecular complexity index is 862. The minimum absolute atomic E-state index is 0.0206. The van der Waals surface area contributed by atoms with Gasteiger partial charge in [-0.25, -0.2) is 4.39 Å². The fourth-order valence-corrected chi connectivity index (χ4v) is 7.96. The Morgan fingerprint density at radius 2 is 1.73 bits per heavy atom. The van der Waals surface area contributed by atoms with Crippen molar-refractivity contribution in [1.29, 1.82) is 0 Å². The van der Waals surface area contributed by atoms with Crippen LogP contribution in [0.5, 0.6) is 0 Å². The van der Waals surface area contributed by atoms with Gasteiger partial charge in [-0.2, -0.15) is 0 Å². The highest BCUT2D eigenvalue weighted by molar-refractivity contribution is 5.91. The van der Waals surface area contributed by atoms with E-state index < -0.39 is 0 Å². The fourth-order valence-electron chi connectivity index (χ4n) is 7.96. The topological polar surface area (TPSA) is 49.4 Å². The summed E-state index contributed by atoms with van der Waals surface area (Å²) in [5.74, 6) is 2.21. The lowest BCUT2D eigenvalue weighted by Gasteiger charge is -2.56. The summed E-state index contributed by atoms with van der Waals surface area (Å²) in [6, 6.07) is 4.46. The van der Waals surface area contributed by atoms with Crippen molar-refractivity contribution in [3.63, 3.8) is 0 Å². The molecule has 1 heterocycles. The second kappa shape index (κ2) is 6.80. The summed E-state index contributed by atoms with van der Waals surface area (Å²) < 4.78 is 13.5. The summed E-state index contributed by atoms with van der Waals surface area (Å²) in [5, 5.41) is 3.20. The molecule has 5 fully saturated rings. The van der Waals surface area contributed by atoms with Crippen molar-refractivity contribution in [2.45, 2.75) is 76.3 Å². The Kier molecular flexibility index (Phi) is 4.26. The maximum atomic E-state index is 13.8. The summed E-state index contributed by atoms with van der Waals surface area (Å²) in [6.07, 6.45) is 10.3. The van der Waals surface area contributed by atoms with Crippen molar-refractivity contribution < 1.29 is 14.0 Å². The highest BCUT2D eigenvalue weighted by Gasteiger charge is 2.56. The number of carbonyl (C=O) groups excluding carboxylic acids is 2. The van der Waals surface area contributed by atoms with Gasteiger partial charge in [-0.1, -0.05) is 6.07 Å². The Labute approximate surface area is 177 Å². The molecule has 6 aliphatic rings. The van der Waals surface area contributed by atoms with Crippen LogP contribution in [0.4, 0.5) is 4.39 Å². The van der Waals surface area contributed by atoms with Gasteiger partial charge >= 0.3 is 0 Å². The quantitative estimate of drug-likeness (QED) is 0.814. The van der Waals surface area contributed by atoms with Crippen LogP contribution in [0.25, 0.3) is 0 Å². The lowest BCUT2D eigenvalue weighted by molar-refractivity contribution is -0.160. The molecule has 4 saturated carbocycles. The van der Waals surface area contributed by atoms with E-state index in [9.17, 15) is 14.0 Å². The normalized spacial score (nSPS) is 38.7. The van der Waals surface area contributed by atoms with E-state index in [0.29, 0.717) is 6.54 Å². The maximum absolute atomic E-state index is 13.8. The number of nitrogens with zero attached hydrogens (tertiary/aromatic N) is 1. The molecule has 1 aliphatic heterocycles. The molecule has 2 unspecified atom stereocenters. The van der Waals surface area contributed by atoms with Crippen LogP contribution >= 0.6 is 0 Å². The summed E-state index contributed by atoms with van der Waals surface area (Å²) in [6.45, 7) is 0.713. The minimum atomic E-state index is -0.338. The van der Waals surface area contributed by atoms with Crippen molar-refractivity contribution in [2.75, 3.05) is 6.54 Å². The van der Waals surface area contributed by atoms with Crippen molar-refractivity contribution in [3.8, 4) is 0 Å². The van der Waals surface area contributed by atoms with Crippen molar-refractivity contribution in [2.24, 2.45) is 23.2 Å². The van der Waals surface area contributed by atoms with Crippen LogP contribution in [0.1, 0.15) is 75.0 Å². The molecule has 30 heavy (non-hydrogen) atoms. The van der Waals surface area contributed by atoms with Gasteiger partial charge in [-0.15, -0.1) is 0 Å². The molecule has 2 amide bonds. The third-order valence-electron chi connectivity index (χ3n) is 8.81. The van der Waals surface area contributed by atoms with Gasteiger partial charge in [0.2, 0.25) is 11.8 Å². The number of benzene rings is 1. The van der Waals surface area contributed by atoms with Crippen molar-refractivity contribution >= 4 is 11.8 Å². The molecule has 1 aromatic carbocycles. The lowest BCUT2D eigenvalue weighted by Crippen LogP contribution is -2.57. The predicted molar refractivity (Wildman–Crippen MR) is 111 cm³/mol. The molecule has 1 aromatic rings. The number of fused-ring (bicyclic) bond motifs is 1. The van der Waals surface area contributed by atoms with Crippen LogP contribution in [0, 0.1) is 29.0 Å². The van der Waals surface area contributed by atoms with Gasteiger partial charge < -0.3 is 10.2 Å². The van der Waals surface area contributed by atoms with Crippen molar-refractivity contribution in [3.05, 3.63) is 35.1 Å². The number of carbonyl (C=O) groups is 2. The highest BCUT2D eigenvalue weighted by Crippen LogP contribution is 2.60. The van der Waals surface area contributed by atoms with Crippen LogP contribution in [0.2, 0.25) is 0 Å². The van der Waals surface area contributed by atoms with E-state index in [2.05, 4.69) is 5.32 Å². The number of nitrogens with one attached hydrogen (secondary N) is 1. The lowest BCUT2D eigenvalue weighted by atomic mass is 9.49. The van der Waals surface area contributed by atoms with E-state index in [0.717, 1.165) is 73.8 Å². The molecule has 4 nitrogen and oxygen atoms in total. The molecule has 0 aromatic heterocycles. The number of halogens is 1. The van der Waals surface area contributed by atoms with Crippen LogP contribution < -0.4 is 5.32 Å². The monoisotopic (exact) mass is 410 g/mol. The van der Waals surface area contributed by atoms with Crippen LogP contribution in [-0.2, 0) is 16.0 Å². The molecule has 5 heteroatoms. The van der Waals surface area contributed by atoms with E-state index in [-0.39, 0.29) is 35.1 Å². The first kappa shape index (κ1) is 18.8. The number of rotatable bonds is 3. The van der Waals surface area contributed by atoms with E-state index >= 15 is 0 Å². The Balaban J connectivity index is 1.18. The standard InChI is InChI=1S/C25H31FN2O2/c26-19-4-5-20-18(11-19)3-6-21(20)27-23(29)22-2-1-7-28(22)24(30)25-12-15-8-16(13-25)10-17(9-15)14-25/h4-5,11,15-17,21-22H,1-3,6-10,12-14H2,(H,27,29).